The average molecular weight is 232 g/mol. The fraction of sp³-hybridized carbons (Fsp3) is 0.143. The monoisotopic (exact) mass is 232 g/mol. The van der Waals surface area contributed by atoms with Crippen molar-refractivity contribution in [2.75, 3.05) is 11.8 Å². The summed E-state index contributed by atoms with van der Waals surface area (Å²) in [5, 5.41) is 10.6. The normalized spacial score (nSPS) is 11.9. The van der Waals surface area contributed by atoms with E-state index in [1.807, 2.05) is 0 Å². The lowest BCUT2D eigenvalue weighted by atomic mass is 10.2. The number of rotatable bonds is 4. The maximum atomic E-state index is 10.6. The van der Waals surface area contributed by atoms with Gasteiger partial charge in [0.05, 0.1) is 17.7 Å². The first-order valence-corrected chi connectivity index (χ1v) is 4.85. The highest BCUT2D eigenvalue weighted by Gasteiger charge is 2.15. The Labute approximate surface area is 87.6 Å². The summed E-state index contributed by atoms with van der Waals surface area (Å²) in [6.45, 7) is 0. The number of nitrogens with zero attached hydrogens (tertiary/aromatic N) is 1. The second kappa shape index (κ2) is 4.71. The third-order valence-corrected chi connectivity index (χ3v) is 1.99. The Morgan fingerprint density at radius 2 is 2.27 bits per heavy atom. The lowest BCUT2D eigenvalue weighted by Crippen LogP contribution is -2.02. The van der Waals surface area contributed by atoms with Crippen molar-refractivity contribution in [3.8, 4) is 5.75 Å². The summed E-state index contributed by atoms with van der Waals surface area (Å²) in [6, 6.07) is 3.86. The largest absolute Gasteiger partial charge is 0.490 e. The molecule has 0 spiro atoms. The van der Waals surface area contributed by atoms with Gasteiger partial charge in [-0.25, -0.2) is 4.21 Å². The second-order valence-corrected chi connectivity index (χ2v) is 3.20. The number of nitro benzene ring substituents is 1. The summed E-state index contributed by atoms with van der Waals surface area (Å²) in [6.07, 6.45) is 0. The zero-order valence-corrected chi connectivity index (χ0v) is 8.48. The fourth-order valence-electron chi connectivity index (χ4n) is 0.997. The molecule has 7 nitrogen and oxygen atoms in total. The van der Waals surface area contributed by atoms with Crippen molar-refractivity contribution in [2.45, 2.75) is 0 Å². The molecule has 15 heavy (non-hydrogen) atoms. The topological polar surface area (TPSA) is 102 Å². The third-order valence-electron chi connectivity index (χ3n) is 1.58. The Morgan fingerprint density at radius 3 is 2.73 bits per heavy atom. The summed E-state index contributed by atoms with van der Waals surface area (Å²) in [5.74, 6) is 0.0919. The van der Waals surface area contributed by atoms with E-state index in [1.165, 1.54) is 19.2 Å². The molecule has 0 amide bonds. The molecule has 1 rings (SSSR count). The number of nitro groups is 1. The molecular weight excluding hydrogens is 224 g/mol. The first-order chi connectivity index (χ1) is 7.04. The van der Waals surface area contributed by atoms with Crippen LogP contribution in [-0.2, 0) is 11.3 Å². The molecule has 0 fully saturated rings. The van der Waals surface area contributed by atoms with Crippen molar-refractivity contribution in [3.63, 3.8) is 0 Å². The van der Waals surface area contributed by atoms with E-state index in [1.54, 1.807) is 0 Å². The van der Waals surface area contributed by atoms with Crippen LogP contribution in [0.4, 0.5) is 11.4 Å². The number of hydrogen-bond donors (Lipinski definition) is 2. The van der Waals surface area contributed by atoms with E-state index in [-0.39, 0.29) is 17.1 Å². The van der Waals surface area contributed by atoms with E-state index < -0.39 is 16.2 Å². The maximum Gasteiger partial charge on any atom is 0.312 e. The van der Waals surface area contributed by atoms with Crippen LogP contribution in [0.25, 0.3) is 0 Å². The molecule has 1 unspecified atom stereocenters. The van der Waals surface area contributed by atoms with Gasteiger partial charge >= 0.3 is 5.69 Å². The van der Waals surface area contributed by atoms with E-state index in [4.69, 9.17) is 9.29 Å². The smallest absolute Gasteiger partial charge is 0.312 e. The molecule has 82 valence electrons. The Bertz CT molecular complexity index is 408. The van der Waals surface area contributed by atoms with Crippen molar-refractivity contribution in [2.24, 2.45) is 0 Å². The molecule has 0 saturated heterocycles. The Morgan fingerprint density at radius 1 is 1.60 bits per heavy atom. The van der Waals surface area contributed by atoms with Crippen LogP contribution >= 0.6 is 0 Å². The van der Waals surface area contributed by atoms with Crippen LogP contribution in [0.2, 0.25) is 0 Å². The first kappa shape index (κ1) is 11.4. The van der Waals surface area contributed by atoms with Crippen LogP contribution < -0.4 is 9.46 Å². The summed E-state index contributed by atoms with van der Waals surface area (Å²) in [7, 11) is 1.31. The van der Waals surface area contributed by atoms with Crippen LogP contribution in [0.3, 0.4) is 0 Å². The molecule has 2 N–H and O–H groups in total. The SMILES string of the molecule is COc1ccc(NS(=O)O)cc1[N+](=O)[O-]. The molecule has 0 aliphatic heterocycles. The van der Waals surface area contributed by atoms with Crippen molar-refractivity contribution < 1.29 is 18.4 Å². The van der Waals surface area contributed by atoms with E-state index in [0.29, 0.717) is 0 Å². The molecule has 1 aromatic rings. The molecule has 8 heteroatoms. The van der Waals surface area contributed by atoms with Crippen LogP contribution in [0, 0.1) is 10.1 Å². The van der Waals surface area contributed by atoms with Crippen molar-refractivity contribution in [1.82, 2.24) is 0 Å². The van der Waals surface area contributed by atoms with Crippen LogP contribution in [0.5, 0.6) is 5.75 Å². The predicted octanol–water partition coefficient (Wildman–Crippen LogP) is 1.15. The Hall–Kier alpha value is -1.67. The first-order valence-electron chi connectivity index (χ1n) is 3.74. The lowest BCUT2D eigenvalue weighted by Gasteiger charge is -2.04. The molecule has 0 heterocycles. The molecule has 0 aliphatic carbocycles. The van der Waals surface area contributed by atoms with Crippen molar-refractivity contribution >= 4 is 22.6 Å². The number of anilines is 1. The van der Waals surface area contributed by atoms with E-state index >= 15 is 0 Å². The van der Waals surface area contributed by atoms with Gasteiger partial charge in [0.25, 0.3) is 11.3 Å². The lowest BCUT2D eigenvalue weighted by molar-refractivity contribution is -0.385. The molecule has 0 bridgehead atoms. The van der Waals surface area contributed by atoms with Gasteiger partial charge in [0.15, 0.2) is 5.75 Å². The van der Waals surface area contributed by atoms with Gasteiger partial charge in [-0.05, 0) is 12.1 Å². The summed E-state index contributed by atoms with van der Waals surface area (Å²) >= 11 is -2.26. The van der Waals surface area contributed by atoms with Gasteiger partial charge in [-0.1, -0.05) is 0 Å². The van der Waals surface area contributed by atoms with Gasteiger partial charge in [-0.2, -0.15) is 0 Å². The van der Waals surface area contributed by atoms with E-state index in [0.717, 1.165) is 6.07 Å². The quantitative estimate of drug-likeness (QED) is 0.460. The molecule has 0 aliphatic rings. The zero-order valence-electron chi connectivity index (χ0n) is 7.67. The number of methoxy groups -OCH3 is 1. The minimum absolute atomic E-state index is 0.0919. The zero-order chi connectivity index (χ0) is 11.4. The molecule has 0 saturated carbocycles. The summed E-state index contributed by atoms with van der Waals surface area (Å²) in [4.78, 5) is 9.94. The molecular formula is C7H8N2O5S. The van der Waals surface area contributed by atoms with Gasteiger partial charge in [0.1, 0.15) is 0 Å². The van der Waals surface area contributed by atoms with Gasteiger partial charge in [0, 0.05) is 6.07 Å². The van der Waals surface area contributed by atoms with Gasteiger partial charge in [0.2, 0.25) is 0 Å². The van der Waals surface area contributed by atoms with Crippen LogP contribution in [0.1, 0.15) is 0 Å². The molecule has 1 atom stereocenters. The summed E-state index contributed by atoms with van der Waals surface area (Å²) in [5.41, 5.74) is -0.101. The molecule has 1 aromatic carbocycles. The molecule has 0 radical (unpaired) electrons. The van der Waals surface area contributed by atoms with Crippen LogP contribution in [-0.4, -0.2) is 20.8 Å². The molecule has 0 aromatic heterocycles. The number of hydrogen-bond acceptors (Lipinski definition) is 4. The fourth-order valence-corrected chi connectivity index (χ4v) is 1.33. The van der Waals surface area contributed by atoms with Crippen molar-refractivity contribution in [1.29, 1.82) is 0 Å². The average Bonchev–Trinajstić information content (AvgIpc) is 2.16. The number of benzene rings is 1. The van der Waals surface area contributed by atoms with Crippen LogP contribution in [0.15, 0.2) is 18.2 Å². The third kappa shape index (κ3) is 2.89. The summed E-state index contributed by atoms with van der Waals surface area (Å²) < 4.78 is 25.8. The Balaban J connectivity index is 3.10. The highest BCUT2D eigenvalue weighted by Crippen LogP contribution is 2.29. The standard InChI is InChI=1S/C7H8N2O5S/c1-14-7-3-2-5(8-15(12)13)4-6(7)9(10)11/h2-4,8H,1H3,(H,12,13). The maximum absolute atomic E-state index is 10.6. The van der Waals surface area contributed by atoms with Gasteiger partial charge in [-0.15, -0.1) is 0 Å². The van der Waals surface area contributed by atoms with Gasteiger partial charge < -0.3 is 4.74 Å². The number of ether oxygens (including phenoxy) is 1. The number of nitrogens with one attached hydrogen (secondary N) is 1. The predicted molar refractivity (Wildman–Crippen MR) is 54.0 cm³/mol. The van der Waals surface area contributed by atoms with Gasteiger partial charge in [-0.3, -0.25) is 19.4 Å². The highest BCUT2D eigenvalue weighted by molar-refractivity contribution is 7.80. The van der Waals surface area contributed by atoms with Crippen molar-refractivity contribution in [3.05, 3.63) is 28.3 Å². The van der Waals surface area contributed by atoms with E-state index in [2.05, 4.69) is 4.72 Å². The Kier molecular flexibility index (Phi) is 3.58. The minimum Gasteiger partial charge on any atom is -0.490 e. The van der Waals surface area contributed by atoms with E-state index in [9.17, 15) is 14.3 Å². The second-order valence-electron chi connectivity index (χ2n) is 2.49. The highest BCUT2D eigenvalue weighted by atomic mass is 32.2. The minimum atomic E-state index is -2.26.